The van der Waals surface area contributed by atoms with Crippen LogP contribution in [0.15, 0.2) is 59.4 Å². The Kier molecular flexibility index (Phi) is 5.87. The van der Waals surface area contributed by atoms with Crippen LogP contribution in [0.5, 0.6) is 5.75 Å². The van der Waals surface area contributed by atoms with E-state index in [9.17, 15) is 9.18 Å². The summed E-state index contributed by atoms with van der Waals surface area (Å²) in [7, 11) is 0. The van der Waals surface area contributed by atoms with E-state index >= 15 is 0 Å². The lowest BCUT2D eigenvalue weighted by Gasteiger charge is -2.05. The van der Waals surface area contributed by atoms with Gasteiger partial charge in [-0.1, -0.05) is 29.5 Å². The van der Waals surface area contributed by atoms with Crippen LogP contribution in [0, 0.1) is 5.82 Å². The quantitative estimate of drug-likeness (QED) is 0.469. The molecule has 4 rings (SSSR count). The zero-order valence-corrected chi connectivity index (χ0v) is 16.7. The number of carbonyl (C=O) groups is 1. The average Bonchev–Trinajstić information content (AvgIpc) is 3.41. The highest BCUT2D eigenvalue weighted by Gasteiger charge is 2.12. The zero-order chi connectivity index (χ0) is 20.1. The molecule has 6 nitrogen and oxygen atoms in total. The van der Waals surface area contributed by atoms with Gasteiger partial charge in [-0.25, -0.2) is 9.37 Å². The second-order valence-corrected chi connectivity index (χ2v) is 7.80. The number of hydrogen-bond acceptors (Lipinski definition) is 7. The molecule has 2 heterocycles. The standard InChI is InChI=1S/C20H15FN4O2S2/c21-17-4-2-1-3-14(17)9-18-24-25-20(29-18)23-19(26)13-5-7-16(8-6-13)27-10-15-11-28-12-22-15/h1-8,11-12H,9-10H2,(H,23,25,26). The van der Waals surface area contributed by atoms with E-state index in [1.165, 1.54) is 28.7 Å². The number of amides is 1. The molecule has 9 heteroatoms. The van der Waals surface area contributed by atoms with Crippen molar-refractivity contribution in [3.05, 3.63) is 87.1 Å². The highest BCUT2D eigenvalue weighted by Crippen LogP contribution is 2.21. The fourth-order valence-corrected chi connectivity index (χ4v) is 3.82. The van der Waals surface area contributed by atoms with Crippen LogP contribution in [0.2, 0.25) is 0 Å². The van der Waals surface area contributed by atoms with E-state index in [-0.39, 0.29) is 11.7 Å². The molecular weight excluding hydrogens is 411 g/mol. The van der Waals surface area contributed by atoms with Crippen LogP contribution in [-0.4, -0.2) is 21.1 Å². The first-order valence-corrected chi connectivity index (χ1v) is 10.4. The molecule has 0 aliphatic heterocycles. The maximum Gasteiger partial charge on any atom is 0.257 e. The smallest absolute Gasteiger partial charge is 0.257 e. The number of ether oxygens (including phenoxy) is 1. The Balaban J connectivity index is 1.34. The Hall–Kier alpha value is -3.17. The molecule has 2 aromatic carbocycles. The third kappa shape index (κ3) is 5.01. The van der Waals surface area contributed by atoms with E-state index in [0.717, 1.165) is 5.69 Å². The van der Waals surface area contributed by atoms with E-state index in [1.54, 1.807) is 48.0 Å². The van der Waals surface area contributed by atoms with Crippen molar-refractivity contribution in [3.63, 3.8) is 0 Å². The van der Waals surface area contributed by atoms with Gasteiger partial charge >= 0.3 is 0 Å². The number of carbonyl (C=O) groups excluding carboxylic acids is 1. The molecule has 0 spiro atoms. The number of nitrogens with one attached hydrogen (secondary N) is 1. The van der Waals surface area contributed by atoms with Gasteiger partial charge < -0.3 is 4.74 Å². The average molecular weight is 426 g/mol. The lowest BCUT2D eigenvalue weighted by atomic mass is 10.1. The molecule has 0 saturated carbocycles. The van der Waals surface area contributed by atoms with Crippen LogP contribution in [0.25, 0.3) is 0 Å². The molecule has 0 aliphatic carbocycles. The first-order chi connectivity index (χ1) is 14.2. The van der Waals surface area contributed by atoms with Crippen LogP contribution >= 0.6 is 22.7 Å². The van der Waals surface area contributed by atoms with Gasteiger partial charge in [0, 0.05) is 17.4 Å². The molecule has 0 saturated heterocycles. The summed E-state index contributed by atoms with van der Waals surface area (Å²) in [5.74, 6) is 0.0626. The summed E-state index contributed by atoms with van der Waals surface area (Å²) in [6.45, 7) is 0.380. The van der Waals surface area contributed by atoms with Crippen LogP contribution < -0.4 is 10.1 Å². The van der Waals surface area contributed by atoms with Crippen molar-refractivity contribution in [2.75, 3.05) is 5.32 Å². The maximum atomic E-state index is 13.8. The Labute approximate surface area is 174 Å². The predicted octanol–water partition coefficient (Wildman–Crippen LogP) is 4.56. The van der Waals surface area contributed by atoms with Gasteiger partial charge in [-0.2, -0.15) is 0 Å². The van der Waals surface area contributed by atoms with Gasteiger partial charge in [0.2, 0.25) is 5.13 Å². The van der Waals surface area contributed by atoms with Crippen LogP contribution in [0.3, 0.4) is 0 Å². The SMILES string of the molecule is O=C(Nc1nnc(Cc2ccccc2F)s1)c1ccc(OCc2cscn2)cc1. The number of hydrogen-bond donors (Lipinski definition) is 1. The van der Waals surface area contributed by atoms with Gasteiger partial charge in [0.1, 0.15) is 23.2 Å². The van der Waals surface area contributed by atoms with Gasteiger partial charge in [-0.05, 0) is 35.9 Å². The Morgan fingerprint density at radius 3 is 2.69 bits per heavy atom. The summed E-state index contributed by atoms with van der Waals surface area (Å²) in [5.41, 5.74) is 3.62. The zero-order valence-electron chi connectivity index (χ0n) is 15.0. The topological polar surface area (TPSA) is 77.0 Å². The lowest BCUT2D eigenvalue weighted by Crippen LogP contribution is -2.11. The molecule has 0 atom stereocenters. The fraction of sp³-hybridized carbons (Fsp3) is 0.100. The number of anilines is 1. The fourth-order valence-electron chi connectivity index (χ4n) is 2.52. The maximum absolute atomic E-state index is 13.8. The van der Waals surface area contributed by atoms with Gasteiger partial charge in [0.15, 0.2) is 0 Å². The minimum absolute atomic E-state index is 0.287. The number of nitrogens with zero attached hydrogens (tertiary/aromatic N) is 3. The molecule has 1 amide bonds. The largest absolute Gasteiger partial charge is 0.487 e. The van der Waals surface area contributed by atoms with Gasteiger partial charge in [0.05, 0.1) is 11.2 Å². The van der Waals surface area contributed by atoms with Gasteiger partial charge in [-0.3, -0.25) is 10.1 Å². The molecule has 0 bridgehead atoms. The molecule has 0 fully saturated rings. The van der Waals surface area contributed by atoms with E-state index in [0.29, 0.717) is 40.0 Å². The Bertz CT molecular complexity index is 1100. The Morgan fingerprint density at radius 2 is 1.93 bits per heavy atom. The summed E-state index contributed by atoms with van der Waals surface area (Å²) >= 11 is 2.73. The van der Waals surface area contributed by atoms with E-state index in [1.807, 2.05) is 5.38 Å². The molecule has 146 valence electrons. The summed E-state index contributed by atoms with van der Waals surface area (Å²) < 4.78 is 19.4. The lowest BCUT2D eigenvalue weighted by molar-refractivity contribution is 0.102. The number of halogens is 1. The van der Waals surface area contributed by atoms with E-state index in [2.05, 4.69) is 20.5 Å². The monoisotopic (exact) mass is 426 g/mol. The molecule has 0 radical (unpaired) electrons. The Morgan fingerprint density at radius 1 is 1.10 bits per heavy atom. The number of thiazole rings is 1. The summed E-state index contributed by atoms with van der Waals surface area (Å²) in [5, 5.41) is 13.6. The third-order valence-electron chi connectivity index (χ3n) is 3.97. The van der Waals surface area contributed by atoms with Gasteiger partial charge in [0.25, 0.3) is 5.91 Å². The minimum Gasteiger partial charge on any atom is -0.487 e. The molecule has 1 N–H and O–H groups in total. The first kappa shape index (κ1) is 19.2. The third-order valence-corrected chi connectivity index (χ3v) is 5.45. The molecule has 29 heavy (non-hydrogen) atoms. The van der Waals surface area contributed by atoms with Crippen LogP contribution in [0.4, 0.5) is 9.52 Å². The van der Waals surface area contributed by atoms with Crippen LogP contribution in [-0.2, 0) is 13.0 Å². The summed E-state index contributed by atoms with van der Waals surface area (Å²) in [6, 6.07) is 13.3. The highest BCUT2D eigenvalue weighted by atomic mass is 32.1. The molecule has 0 unspecified atom stereocenters. The van der Waals surface area contributed by atoms with Crippen molar-refractivity contribution >= 4 is 33.7 Å². The van der Waals surface area contributed by atoms with Crippen molar-refractivity contribution in [2.45, 2.75) is 13.0 Å². The molecule has 4 aromatic rings. The summed E-state index contributed by atoms with van der Waals surface area (Å²) in [4.78, 5) is 16.6. The number of rotatable bonds is 7. The molecule has 0 aliphatic rings. The molecule has 2 aromatic heterocycles. The van der Waals surface area contributed by atoms with E-state index < -0.39 is 0 Å². The van der Waals surface area contributed by atoms with Crippen molar-refractivity contribution < 1.29 is 13.9 Å². The predicted molar refractivity (Wildman–Crippen MR) is 110 cm³/mol. The minimum atomic E-state index is -0.301. The van der Waals surface area contributed by atoms with Crippen LogP contribution in [0.1, 0.15) is 26.6 Å². The van der Waals surface area contributed by atoms with Gasteiger partial charge in [-0.15, -0.1) is 21.5 Å². The number of benzene rings is 2. The van der Waals surface area contributed by atoms with Crippen molar-refractivity contribution in [3.8, 4) is 5.75 Å². The number of aromatic nitrogens is 3. The highest BCUT2D eigenvalue weighted by molar-refractivity contribution is 7.15. The first-order valence-electron chi connectivity index (χ1n) is 8.64. The van der Waals surface area contributed by atoms with Crippen molar-refractivity contribution in [1.29, 1.82) is 0 Å². The normalized spacial score (nSPS) is 10.7. The van der Waals surface area contributed by atoms with E-state index in [4.69, 9.17) is 4.74 Å². The van der Waals surface area contributed by atoms with Crippen molar-refractivity contribution in [2.24, 2.45) is 0 Å². The summed E-state index contributed by atoms with van der Waals surface area (Å²) in [6.07, 6.45) is 0.325. The molecular formula is C20H15FN4O2S2. The van der Waals surface area contributed by atoms with Crippen molar-refractivity contribution in [1.82, 2.24) is 15.2 Å². The second-order valence-electron chi connectivity index (χ2n) is 6.02. The second kappa shape index (κ2) is 8.89.